The van der Waals surface area contributed by atoms with Crippen LogP contribution in [0.4, 0.5) is 0 Å². The highest BCUT2D eigenvalue weighted by molar-refractivity contribution is 9.09. The lowest BCUT2D eigenvalue weighted by atomic mass is 10.4. The molecule has 0 aliphatic carbocycles. The van der Waals surface area contributed by atoms with Gasteiger partial charge in [0.15, 0.2) is 0 Å². The minimum absolute atomic E-state index is 0.0226. The lowest BCUT2D eigenvalue weighted by Gasteiger charge is -1.95. The van der Waals surface area contributed by atoms with Gasteiger partial charge in [-0.2, -0.15) is 4.91 Å². The fourth-order valence-corrected chi connectivity index (χ4v) is 0.340. The molecule has 0 saturated carbocycles. The van der Waals surface area contributed by atoms with Crippen LogP contribution >= 0.6 is 15.9 Å². The molecule has 0 aromatic heterocycles. The molecule has 0 bridgehead atoms. The van der Waals surface area contributed by atoms with Crippen molar-refractivity contribution in [1.82, 2.24) is 0 Å². The van der Waals surface area contributed by atoms with E-state index in [0.29, 0.717) is 5.33 Å². The second kappa shape index (κ2) is 4.21. The maximum atomic E-state index is 9.34. The molecule has 0 aliphatic heterocycles. The molecule has 0 rings (SSSR count). The summed E-state index contributed by atoms with van der Waals surface area (Å²) in [5, 5.41) is 11.4. The monoisotopic (exact) mass is 167 g/mol. The summed E-state index contributed by atoms with van der Waals surface area (Å²) in [4.78, 5) is 9.34. The van der Waals surface area contributed by atoms with Gasteiger partial charge in [0.05, 0.1) is 6.10 Å². The number of hydrogen-bond donors (Lipinski definition) is 1. The lowest BCUT2D eigenvalue weighted by molar-refractivity contribution is 0.209. The third-order valence-corrected chi connectivity index (χ3v) is 1.21. The van der Waals surface area contributed by atoms with E-state index in [1.807, 2.05) is 0 Å². The van der Waals surface area contributed by atoms with Crippen molar-refractivity contribution in [3.63, 3.8) is 0 Å². The predicted octanol–water partition coefficient (Wildman–Crippen LogP) is 0.509. The molecular formula is C3H6BrNO2. The van der Waals surface area contributed by atoms with Gasteiger partial charge in [-0.05, 0) is 0 Å². The van der Waals surface area contributed by atoms with Crippen molar-refractivity contribution in [3.8, 4) is 0 Å². The number of alkyl halides is 1. The Balaban J connectivity index is 2.98. The second-order valence-corrected chi connectivity index (χ2v) is 1.77. The quantitative estimate of drug-likeness (QED) is 0.492. The van der Waals surface area contributed by atoms with Crippen molar-refractivity contribution < 1.29 is 5.11 Å². The van der Waals surface area contributed by atoms with Gasteiger partial charge in [-0.3, -0.25) is 0 Å². The molecule has 7 heavy (non-hydrogen) atoms. The fraction of sp³-hybridized carbons (Fsp3) is 1.00. The van der Waals surface area contributed by atoms with E-state index in [0.717, 1.165) is 0 Å². The lowest BCUT2D eigenvalue weighted by Crippen LogP contribution is -2.10. The number of rotatable bonds is 3. The van der Waals surface area contributed by atoms with E-state index in [4.69, 9.17) is 5.11 Å². The van der Waals surface area contributed by atoms with Crippen LogP contribution in [0.2, 0.25) is 0 Å². The van der Waals surface area contributed by atoms with Crippen LogP contribution in [-0.2, 0) is 0 Å². The molecule has 0 aliphatic rings. The molecular weight excluding hydrogens is 162 g/mol. The largest absolute Gasteiger partial charge is 0.390 e. The van der Waals surface area contributed by atoms with Crippen LogP contribution in [0.3, 0.4) is 0 Å². The topological polar surface area (TPSA) is 49.7 Å². The molecule has 4 heteroatoms. The summed E-state index contributed by atoms with van der Waals surface area (Å²) < 4.78 is 0. The highest BCUT2D eigenvalue weighted by Crippen LogP contribution is 1.88. The molecule has 42 valence electrons. The molecule has 1 atom stereocenters. The molecule has 0 heterocycles. The number of aliphatic hydroxyl groups excluding tert-OH is 1. The van der Waals surface area contributed by atoms with Crippen molar-refractivity contribution in [3.05, 3.63) is 4.91 Å². The third-order valence-electron chi connectivity index (χ3n) is 0.463. The van der Waals surface area contributed by atoms with Crippen LogP contribution in [0.25, 0.3) is 0 Å². The van der Waals surface area contributed by atoms with Crippen molar-refractivity contribution >= 4 is 15.9 Å². The van der Waals surface area contributed by atoms with Crippen LogP contribution in [-0.4, -0.2) is 23.1 Å². The SMILES string of the molecule is O=NCC(O)CBr. The van der Waals surface area contributed by atoms with Gasteiger partial charge < -0.3 is 5.11 Å². The standard InChI is InChI=1S/C3H6BrNO2/c4-1-3(6)2-5-7/h3,6H,1-2H2. The third kappa shape index (κ3) is 3.88. The first-order valence-corrected chi connectivity index (χ1v) is 2.96. The molecule has 0 amide bonds. The Kier molecular flexibility index (Phi) is 4.23. The van der Waals surface area contributed by atoms with E-state index in [1.165, 1.54) is 0 Å². The Labute approximate surface area is 49.8 Å². The first-order valence-electron chi connectivity index (χ1n) is 1.84. The molecule has 0 aromatic rings. The van der Waals surface area contributed by atoms with Gasteiger partial charge in [0.1, 0.15) is 6.54 Å². The van der Waals surface area contributed by atoms with E-state index in [2.05, 4.69) is 21.1 Å². The number of hydrogen-bond acceptors (Lipinski definition) is 3. The summed E-state index contributed by atoms with van der Waals surface area (Å²) in [6.45, 7) is -0.0226. The number of nitroso groups, excluding NO2 is 1. The molecule has 0 fully saturated rings. The van der Waals surface area contributed by atoms with Crippen molar-refractivity contribution in [2.45, 2.75) is 6.10 Å². The van der Waals surface area contributed by atoms with Crippen LogP contribution in [0.5, 0.6) is 0 Å². The zero-order valence-electron chi connectivity index (χ0n) is 3.67. The summed E-state index contributed by atoms with van der Waals surface area (Å²) in [7, 11) is 0. The van der Waals surface area contributed by atoms with Crippen LogP contribution in [0, 0.1) is 4.91 Å². The van der Waals surface area contributed by atoms with E-state index >= 15 is 0 Å². The van der Waals surface area contributed by atoms with Crippen molar-refractivity contribution in [2.75, 3.05) is 11.9 Å². The molecule has 0 spiro atoms. The average molecular weight is 168 g/mol. The van der Waals surface area contributed by atoms with Crippen LogP contribution in [0.1, 0.15) is 0 Å². The maximum absolute atomic E-state index is 9.34. The fourth-order valence-electron chi connectivity index (χ4n) is 0.135. The van der Waals surface area contributed by atoms with E-state index in [-0.39, 0.29) is 6.54 Å². The summed E-state index contributed by atoms with van der Waals surface area (Å²) in [6.07, 6.45) is -0.613. The Bertz CT molecular complexity index is 58.9. The highest BCUT2D eigenvalue weighted by atomic mass is 79.9. The van der Waals surface area contributed by atoms with E-state index in [1.54, 1.807) is 0 Å². The van der Waals surface area contributed by atoms with Gasteiger partial charge in [0.2, 0.25) is 0 Å². The van der Waals surface area contributed by atoms with Crippen LogP contribution < -0.4 is 0 Å². The highest BCUT2D eigenvalue weighted by Gasteiger charge is 1.97. The number of halogens is 1. The number of aliphatic hydroxyl groups is 1. The van der Waals surface area contributed by atoms with Gasteiger partial charge in [0, 0.05) is 5.33 Å². The molecule has 0 radical (unpaired) electrons. The molecule has 1 N–H and O–H groups in total. The summed E-state index contributed by atoms with van der Waals surface area (Å²) in [6, 6.07) is 0. The Morgan fingerprint density at radius 2 is 2.43 bits per heavy atom. The van der Waals surface area contributed by atoms with E-state index < -0.39 is 6.10 Å². The summed E-state index contributed by atoms with van der Waals surface area (Å²) in [5.41, 5.74) is 0. The Morgan fingerprint density at radius 3 is 2.57 bits per heavy atom. The molecule has 3 nitrogen and oxygen atoms in total. The van der Waals surface area contributed by atoms with Gasteiger partial charge in [0.25, 0.3) is 0 Å². The molecule has 0 saturated heterocycles. The van der Waals surface area contributed by atoms with Crippen LogP contribution in [0.15, 0.2) is 5.18 Å². The van der Waals surface area contributed by atoms with Gasteiger partial charge in [-0.1, -0.05) is 21.1 Å². The maximum Gasteiger partial charge on any atom is 0.108 e. The minimum atomic E-state index is -0.613. The zero-order chi connectivity index (χ0) is 5.70. The first kappa shape index (κ1) is 7.04. The Morgan fingerprint density at radius 1 is 1.86 bits per heavy atom. The van der Waals surface area contributed by atoms with E-state index in [9.17, 15) is 4.91 Å². The number of nitrogens with zero attached hydrogens (tertiary/aromatic N) is 1. The average Bonchev–Trinajstić information content (AvgIpc) is 1.68. The summed E-state index contributed by atoms with van der Waals surface area (Å²) >= 11 is 2.97. The molecule has 1 unspecified atom stereocenters. The van der Waals surface area contributed by atoms with Crippen molar-refractivity contribution in [1.29, 1.82) is 0 Å². The van der Waals surface area contributed by atoms with Crippen molar-refractivity contribution in [2.24, 2.45) is 5.18 Å². The first-order chi connectivity index (χ1) is 3.31. The van der Waals surface area contributed by atoms with Gasteiger partial charge >= 0.3 is 0 Å². The minimum Gasteiger partial charge on any atom is -0.390 e. The Hall–Kier alpha value is 0.0400. The predicted molar refractivity (Wildman–Crippen MR) is 30.5 cm³/mol. The normalized spacial score (nSPS) is 13.4. The van der Waals surface area contributed by atoms with Gasteiger partial charge in [-0.25, -0.2) is 0 Å². The zero-order valence-corrected chi connectivity index (χ0v) is 5.26. The smallest absolute Gasteiger partial charge is 0.108 e. The second-order valence-electron chi connectivity index (χ2n) is 1.12. The van der Waals surface area contributed by atoms with Gasteiger partial charge in [-0.15, -0.1) is 0 Å². The molecule has 0 aromatic carbocycles. The summed E-state index contributed by atoms with van der Waals surface area (Å²) in [5.74, 6) is 0.